The number of hydrogen-bond acceptors (Lipinski definition) is 4. The van der Waals surface area contributed by atoms with Crippen LogP contribution in [0.1, 0.15) is 58.2 Å². The zero-order valence-electron chi connectivity index (χ0n) is 26.3. The zero-order chi connectivity index (χ0) is 31.2. The number of hydrogen-bond donors (Lipinski definition) is 1. The second-order valence-corrected chi connectivity index (χ2v) is 13.2. The first-order valence-corrected chi connectivity index (χ1v) is 14.8. The smallest absolute Gasteiger partial charge is 0.148 e. The maximum atomic E-state index is 11.9. The minimum Gasteiger partial charge on any atom is -0.507 e. The molecule has 45 heavy (non-hydrogen) atoms. The molecule has 6 rings (SSSR count). The maximum absolute atomic E-state index is 11.9. The fourth-order valence-electron chi connectivity index (χ4n) is 5.54. The van der Waals surface area contributed by atoms with Crippen molar-refractivity contribution in [1.29, 1.82) is 5.26 Å². The molecule has 2 heterocycles. The first-order chi connectivity index (χ1) is 21.0. The molecule has 0 bridgehead atoms. The summed E-state index contributed by atoms with van der Waals surface area (Å²) < 4.78 is 2.14. The van der Waals surface area contributed by atoms with E-state index in [4.69, 9.17) is 4.98 Å². The second kappa shape index (κ2) is 12.1. The van der Waals surface area contributed by atoms with E-state index in [-0.39, 0.29) is 37.6 Å². The summed E-state index contributed by atoms with van der Waals surface area (Å²) in [7, 11) is 0. The van der Waals surface area contributed by atoms with Crippen molar-refractivity contribution in [1.82, 2.24) is 14.5 Å². The molecule has 4 aromatic carbocycles. The Bertz CT molecular complexity index is 2040. The molecule has 1 N–H and O–H groups in total. The van der Waals surface area contributed by atoms with Gasteiger partial charge in [-0.05, 0) is 46.7 Å². The van der Waals surface area contributed by atoms with Crippen LogP contribution in [0.2, 0.25) is 0 Å². The van der Waals surface area contributed by atoms with Crippen molar-refractivity contribution >= 4 is 11.0 Å². The first-order valence-electron chi connectivity index (χ1n) is 14.8. The number of fused-ring (bicyclic) bond motifs is 1. The summed E-state index contributed by atoms with van der Waals surface area (Å²) in [4.78, 5) is 9.78. The number of nitrogens with zero attached hydrogens (tertiary/aromatic N) is 4. The van der Waals surface area contributed by atoms with Gasteiger partial charge in [0.05, 0.1) is 22.2 Å². The van der Waals surface area contributed by atoms with Gasteiger partial charge in [-0.1, -0.05) is 95.1 Å². The summed E-state index contributed by atoms with van der Waals surface area (Å²) in [5, 5.41) is 21.0. The molecule has 6 aromatic rings. The molecule has 0 amide bonds. The first kappa shape index (κ1) is 31.9. The Morgan fingerprint density at radius 3 is 2.13 bits per heavy atom. The average molecular weight is 771 g/mol. The molecule has 6 heteroatoms. The number of aromatic nitrogens is 3. The third kappa shape index (κ3) is 6.08. The number of aromatic hydroxyl groups is 1. The van der Waals surface area contributed by atoms with Gasteiger partial charge in [0.2, 0.25) is 0 Å². The van der Waals surface area contributed by atoms with Crippen LogP contribution < -0.4 is 0 Å². The number of pyridine rings is 1. The van der Waals surface area contributed by atoms with Crippen molar-refractivity contribution in [3.05, 3.63) is 120 Å². The van der Waals surface area contributed by atoms with Crippen LogP contribution in [-0.2, 0) is 31.9 Å². The number of phenols is 1. The Morgan fingerprint density at radius 2 is 1.49 bits per heavy atom. The van der Waals surface area contributed by atoms with Crippen molar-refractivity contribution in [3.8, 4) is 51.3 Å². The quantitative estimate of drug-likeness (QED) is 0.182. The fourth-order valence-corrected chi connectivity index (χ4v) is 5.54. The number of phenolic OH excluding ortho intramolecular Hbond substituents is 1. The molecule has 0 saturated heterocycles. The van der Waals surface area contributed by atoms with Gasteiger partial charge in [-0.3, -0.25) is 9.55 Å². The van der Waals surface area contributed by atoms with Crippen LogP contribution in [0, 0.1) is 17.4 Å². The topological polar surface area (TPSA) is 74.7 Å². The van der Waals surface area contributed by atoms with Gasteiger partial charge in [0.1, 0.15) is 17.6 Å². The van der Waals surface area contributed by atoms with Crippen LogP contribution in [0.4, 0.5) is 0 Å². The number of para-hydroxylation sites is 2. The Hall–Kier alpha value is -4.52. The van der Waals surface area contributed by atoms with Gasteiger partial charge in [-0.2, -0.15) is 5.26 Å². The predicted octanol–water partition coefficient (Wildman–Crippen LogP) is 9.39. The number of imidazole rings is 1. The minimum atomic E-state index is -0.274. The van der Waals surface area contributed by atoms with E-state index >= 15 is 0 Å². The van der Waals surface area contributed by atoms with E-state index in [0.29, 0.717) is 17.0 Å². The molecule has 2 aromatic heterocycles. The molecule has 5 nitrogen and oxygen atoms in total. The predicted molar refractivity (Wildman–Crippen MR) is 178 cm³/mol. The van der Waals surface area contributed by atoms with Gasteiger partial charge in [0.15, 0.2) is 0 Å². The van der Waals surface area contributed by atoms with E-state index in [1.807, 2.05) is 48.5 Å². The molecule has 0 unspecified atom stereocenters. The van der Waals surface area contributed by atoms with Gasteiger partial charge >= 0.3 is 0 Å². The molecule has 228 valence electrons. The monoisotopic (exact) mass is 770 g/mol. The van der Waals surface area contributed by atoms with Gasteiger partial charge in [0, 0.05) is 44.2 Å². The molecule has 0 aliphatic heterocycles. The van der Waals surface area contributed by atoms with E-state index in [9.17, 15) is 10.4 Å². The van der Waals surface area contributed by atoms with Crippen molar-refractivity contribution in [2.24, 2.45) is 0 Å². The Balaban J connectivity index is 0.00000400. The summed E-state index contributed by atoms with van der Waals surface area (Å²) in [6.07, 6.45) is 1.58. The van der Waals surface area contributed by atoms with Crippen LogP contribution in [-0.4, -0.2) is 19.6 Å². The molecule has 0 spiro atoms. The van der Waals surface area contributed by atoms with Gasteiger partial charge in [0.25, 0.3) is 0 Å². The van der Waals surface area contributed by atoms with Crippen LogP contribution >= 0.6 is 0 Å². The van der Waals surface area contributed by atoms with Gasteiger partial charge < -0.3 is 5.11 Å². The third-order valence-corrected chi connectivity index (χ3v) is 7.98. The van der Waals surface area contributed by atoms with Crippen molar-refractivity contribution in [2.45, 2.75) is 52.4 Å². The molecule has 0 saturated carbocycles. The van der Waals surface area contributed by atoms with Crippen LogP contribution in [0.25, 0.3) is 50.5 Å². The van der Waals surface area contributed by atoms with Gasteiger partial charge in [-0.15, -0.1) is 29.8 Å². The molecular formula is C39H35N4OPt-. The number of nitriles is 1. The summed E-state index contributed by atoms with van der Waals surface area (Å²) in [6.45, 7) is 13.0. The Morgan fingerprint density at radius 1 is 0.778 bits per heavy atom. The van der Waals surface area contributed by atoms with Crippen LogP contribution in [0.15, 0.2) is 97.2 Å². The van der Waals surface area contributed by atoms with Crippen LogP contribution in [0.5, 0.6) is 5.75 Å². The molecule has 0 aliphatic rings. The van der Waals surface area contributed by atoms with E-state index in [0.717, 1.165) is 50.2 Å². The fraction of sp³-hybridized carbons (Fsp3) is 0.205. The summed E-state index contributed by atoms with van der Waals surface area (Å²) >= 11 is 0. The van der Waals surface area contributed by atoms with E-state index in [1.54, 1.807) is 12.3 Å². The van der Waals surface area contributed by atoms with Crippen molar-refractivity contribution < 1.29 is 26.2 Å². The van der Waals surface area contributed by atoms with E-state index in [1.165, 1.54) is 0 Å². The average Bonchev–Trinajstić information content (AvgIpc) is 3.40. The van der Waals surface area contributed by atoms with Crippen molar-refractivity contribution in [3.63, 3.8) is 0 Å². The van der Waals surface area contributed by atoms with E-state index in [2.05, 4.69) is 99.6 Å². The largest absolute Gasteiger partial charge is 0.507 e. The molecule has 0 aliphatic carbocycles. The second-order valence-electron chi connectivity index (χ2n) is 13.2. The molecular weight excluding hydrogens is 736 g/mol. The van der Waals surface area contributed by atoms with Gasteiger partial charge in [-0.25, -0.2) is 4.98 Å². The van der Waals surface area contributed by atoms with Crippen LogP contribution in [0.3, 0.4) is 0 Å². The number of benzene rings is 4. The number of rotatable bonds is 4. The van der Waals surface area contributed by atoms with E-state index < -0.39 is 0 Å². The summed E-state index contributed by atoms with van der Waals surface area (Å²) in [5.74, 6) is 0.928. The Labute approximate surface area is 279 Å². The molecule has 0 fully saturated rings. The molecule has 0 atom stereocenters. The van der Waals surface area contributed by atoms with Crippen molar-refractivity contribution in [2.75, 3.05) is 0 Å². The minimum absolute atomic E-state index is 0. The SMILES string of the molecule is CC(C)(C)c1cc(-c2nc3c(-c4[c-]c(-c5ccc(C#N)cn5)ccc4)cccc3n2-c2ccccc2)c(O)c(C(C)(C)C)c1.[Pt]. The standard InChI is InChI=1S/C39H35N4O.Pt/c1-38(2,3)28-21-31(36(44)32(22-28)39(4,5)6)37-42-35-30(16-11-17-34(35)43(37)29-14-8-7-9-15-29)26-12-10-13-27(20-26)33-19-18-25(23-40)24-41-33;/h7-19,21-22,24,44H,1-6H3;/q-1;. The molecule has 0 radical (unpaired) electrons. The zero-order valence-corrected chi connectivity index (χ0v) is 28.6. The Kier molecular flexibility index (Phi) is 8.58. The summed E-state index contributed by atoms with van der Waals surface area (Å²) in [6, 6.07) is 35.8. The maximum Gasteiger partial charge on any atom is 0.148 e. The summed E-state index contributed by atoms with van der Waals surface area (Å²) in [5.41, 5.74) is 8.92. The third-order valence-electron chi connectivity index (χ3n) is 7.98. The normalized spacial score (nSPS) is 11.7.